The summed E-state index contributed by atoms with van der Waals surface area (Å²) in [6, 6.07) is 16.4. The van der Waals surface area contributed by atoms with Gasteiger partial charge in [0.15, 0.2) is 5.69 Å². The van der Waals surface area contributed by atoms with Gasteiger partial charge in [0, 0.05) is 6.54 Å². The zero-order chi connectivity index (χ0) is 18.8. The normalized spacial score (nSPS) is 16.0. The Morgan fingerprint density at radius 2 is 2.04 bits per heavy atom. The fraction of sp³-hybridized carbons (Fsp3) is 0.273. The number of rotatable bonds is 4. The summed E-state index contributed by atoms with van der Waals surface area (Å²) in [5.41, 5.74) is 5.90. The van der Waals surface area contributed by atoms with Gasteiger partial charge in [0.1, 0.15) is 6.10 Å². The van der Waals surface area contributed by atoms with Crippen molar-refractivity contribution in [3.8, 4) is 0 Å². The van der Waals surface area contributed by atoms with Gasteiger partial charge in [-0.2, -0.15) is 0 Å². The number of amides is 1. The van der Waals surface area contributed by atoms with Gasteiger partial charge in [-0.1, -0.05) is 54.1 Å². The highest BCUT2D eigenvalue weighted by Gasteiger charge is 2.26. The number of hydrogen-bond donors (Lipinski definition) is 1. The molecule has 0 saturated carbocycles. The summed E-state index contributed by atoms with van der Waals surface area (Å²) in [6.45, 7) is 5.64. The Labute approximate surface area is 159 Å². The van der Waals surface area contributed by atoms with Crippen LogP contribution in [0.25, 0.3) is 0 Å². The lowest BCUT2D eigenvalue weighted by Crippen LogP contribution is -2.27. The first-order valence-corrected chi connectivity index (χ1v) is 9.16. The lowest BCUT2D eigenvalue weighted by atomic mass is 10.1. The zero-order valence-electron chi connectivity index (χ0n) is 15.6. The molecule has 2 aromatic carbocycles. The molecule has 2 heterocycles. The number of imidazole rings is 1. The number of nitrogens with zero attached hydrogens (tertiary/aromatic N) is 2. The molecule has 0 unspecified atom stereocenters. The van der Waals surface area contributed by atoms with Crippen molar-refractivity contribution in [2.45, 2.75) is 39.6 Å². The third-order valence-corrected chi connectivity index (χ3v) is 5.06. The highest BCUT2D eigenvalue weighted by Crippen LogP contribution is 2.27. The summed E-state index contributed by atoms with van der Waals surface area (Å²) in [6.07, 6.45) is 1.72. The minimum Gasteiger partial charge on any atom is -0.365 e. The van der Waals surface area contributed by atoms with E-state index in [2.05, 4.69) is 54.5 Å². The minimum atomic E-state index is -0.161. The van der Waals surface area contributed by atoms with E-state index in [0.717, 1.165) is 16.8 Å². The summed E-state index contributed by atoms with van der Waals surface area (Å²) in [5.74, 6) is -0.161. The second-order valence-electron chi connectivity index (χ2n) is 7.02. The van der Waals surface area contributed by atoms with Crippen molar-refractivity contribution in [2.75, 3.05) is 0 Å². The third kappa shape index (κ3) is 3.64. The minimum absolute atomic E-state index is 0.0150. The Morgan fingerprint density at radius 1 is 1.22 bits per heavy atom. The van der Waals surface area contributed by atoms with Gasteiger partial charge in [0.05, 0.1) is 25.2 Å². The fourth-order valence-electron chi connectivity index (χ4n) is 3.44. The van der Waals surface area contributed by atoms with E-state index < -0.39 is 0 Å². The van der Waals surface area contributed by atoms with Crippen LogP contribution in [-0.2, 0) is 24.4 Å². The van der Waals surface area contributed by atoms with Crippen LogP contribution in [0.5, 0.6) is 0 Å². The van der Waals surface area contributed by atoms with E-state index >= 15 is 0 Å². The van der Waals surface area contributed by atoms with Gasteiger partial charge >= 0.3 is 0 Å². The molecule has 4 rings (SSSR count). The average molecular weight is 361 g/mol. The van der Waals surface area contributed by atoms with Gasteiger partial charge in [0.25, 0.3) is 5.91 Å². The molecular weight excluding hydrogens is 338 g/mol. The number of hydrogen-bond acceptors (Lipinski definition) is 3. The van der Waals surface area contributed by atoms with E-state index in [-0.39, 0.29) is 12.0 Å². The van der Waals surface area contributed by atoms with Crippen LogP contribution >= 0.6 is 0 Å². The van der Waals surface area contributed by atoms with Crippen molar-refractivity contribution < 1.29 is 9.53 Å². The Hall–Kier alpha value is -2.92. The first-order chi connectivity index (χ1) is 13.1. The van der Waals surface area contributed by atoms with Gasteiger partial charge in [0.2, 0.25) is 0 Å². The highest BCUT2D eigenvalue weighted by atomic mass is 16.5. The number of nitrogens with one attached hydrogen (secondary N) is 1. The molecule has 5 heteroatoms. The predicted molar refractivity (Wildman–Crippen MR) is 103 cm³/mol. The standard InChI is InChI=1S/C22H23N3O2/c1-15-8-9-16(2)18(10-15)11-23-22(26)21-19-13-27-20(12-25(19)14-24-21)17-6-4-3-5-7-17/h3-10,14,20H,11-13H2,1-2H3,(H,23,26)/t20-/m0/s1. The molecule has 0 saturated heterocycles. The van der Waals surface area contributed by atoms with Crippen molar-refractivity contribution >= 4 is 5.91 Å². The summed E-state index contributed by atoms with van der Waals surface area (Å²) in [5, 5.41) is 2.99. The smallest absolute Gasteiger partial charge is 0.272 e. The van der Waals surface area contributed by atoms with Crippen LogP contribution in [0.15, 0.2) is 54.9 Å². The SMILES string of the molecule is Cc1ccc(C)c(CNC(=O)c2ncn3c2CO[C@H](c2ccccc2)C3)c1. The molecule has 0 bridgehead atoms. The molecule has 0 fully saturated rings. The largest absolute Gasteiger partial charge is 0.365 e. The maximum Gasteiger partial charge on any atom is 0.272 e. The number of carbonyl (C=O) groups excluding carboxylic acids is 1. The summed E-state index contributed by atoms with van der Waals surface area (Å²) in [7, 11) is 0. The van der Waals surface area contributed by atoms with Crippen LogP contribution < -0.4 is 5.32 Å². The van der Waals surface area contributed by atoms with Crippen LogP contribution in [0, 0.1) is 13.8 Å². The van der Waals surface area contributed by atoms with E-state index in [1.54, 1.807) is 6.33 Å². The van der Waals surface area contributed by atoms with Gasteiger partial charge in [-0.05, 0) is 30.5 Å². The van der Waals surface area contributed by atoms with Crippen LogP contribution in [0.1, 0.15) is 44.5 Å². The Balaban J connectivity index is 1.46. The van der Waals surface area contributed by atoms with Crippen molar-refractivity contribution in [2.24, 2.45) is 0 Å². The second kappa shape index (κ2) is 7.37. The molecule has 5 nitrogen and oxygen atoms in total. The average Bonchev–Trinajstić information content (AvgIpc) is 3.12. The molecule has 1 aromatic heterocycles. The fourth-order valence-corrected chi connectivity index (χ4v) is 3.44. The third-order valence-electron chi connectivity index (χ3n) is 5.06. The topological polar surface area (TPSA) is 56.2 Å². The maximum atomic E-state index is 12.7. The molecular formula is C22H23N3O2. The molecule has 1 atom stereocenters. The zero-order valence-corrected chi connectivity index (χ0v) is 15.6. The van der Waals surface area contributed by atoms with Crippen LogP contribution in [0.3, 0.4) is 0 Å². The molecule has 0 spiro atoms. The van der Waals surface area contributed by atoms with E-state index in [1.807, 2.05) is 22.8 Å². The first-order valence-electron chi connectivity index (χ1n) is 9.16. The van der Waals surface area contributed by atoms with Gasteiger partial charge in [-0.3, -0.25) is 4.79 Å². The Kier molecular flexibility index (Phi) is 4.77. The molecule has 0 aliphatic carbocycles. The molecule has 1 N–H and O–H groups in total. The van der Waals surface area contributed by atoms with E-state index in [0.29, 0.717) is 25.4 Å². The van der Waals surface area contributed by atoms with E-state index in [4.69, 9.17) is 4.74 Å². The van der Waals surface area contributed by atoms with Crippen LogP contribution in [-0.4, -0.2) is 15.5 Å². The second-order valence-corrected chi connectivity index (χ2v) is 7.02. The van der Waals surface area contributed by atoms with Crippen molar-refractivity contribution in [1.82, 2.24) is 14.9 Å². The number of fused-ring (bicyclic) bond motifs is 1. The summed E-state index contributed by atoms with van der Waals surface area (Å²) in [4.78, 5) is 17.0. The number of aromatic nitrogens is 2. The molecule has 138 valence electrons. The van der Waals surface area contributed by atoms with Crippen molar-refractivity contribution in [1.29, 1.82) is 0 Å². The predicted octanol–water partition coefficient (Wildman–Crippen LogP) is 3.70. The number of benzene rings is 2. The monoisotopic (exact) mass is 361 g/mol. The van der Waals surface area contributed by atoms with Crippen molar-refractivity contribution in [3.63, 3.8) is 0 Å². The van der Waals surface area contributed by atoms with Crippen LogP contribution in [0.4, 0.5) is 0 Å². The molecule has 1 aliphatic heterocycles. The Morgan fingerprint density at radius 3 is 2.85 bits per heavy atom. The van der Waals surface area contributed by atoms with Gasteiger partial charge in [-0.15, -0.1) is 0 Å². The van der Waals surface area contributed by atoms with E-state index in [1.165, 1.54) is 11.1 Å². The first kappa shape index (κ1) is 17.5. The maximum absolute atomic E-state index is 12.7. The Bertz CT molecular complexity index is 963. The van der Waals surface area contributed by atoms with Crippen LogP contribution in [0.2, 0.25) is 0 Å². The van der Waals surface area contributed by atoms with E-state index in [9.17, 15) is 4.79 Å². The summed E-state index contributed by atoms with van der Waals surface area (Å²) < 4.78 is 8.02. The molecule has 1 amide bonds. The summed E-state index contributed by atoms with van der Waals surface area (Å²) >= 11 is 0. The van der Waals surface area contributed by atoms with Gasteiger partial charge < -0.3 is 14.6 Å². The van der Waals surface area contributed by atoms with Crippen molar-refractivity contribution in [3.05, 3.63) is 88.5 Å². The molecule has 1 aliphatic rings. The lowest BCUT2D eigenvalue weighted by molar-refractivity contribution is 0.00257. The van der Waals surface area contributed by atoms with Gasteiger partial charge in [-0.25, -0.2) is 4.98 Å². The lowest BCUT2D eigenvalue weighted by Gasteiger charge is -2.25. The quantitative estimate of drug-likeness (QED) is 0.771. The highest BCUT2D eigenvalue weighted by molar-refractivity contribution is 5.93. The molecule has 3 aromatic rings. The number of aryl methyl sites for hydroxylation is 2. The molecule has 0 radical (unpaired) electrons. The molecule has 27 heavy (non-hydrogen) atoms. The number of carbonyl (C=O) groups is 1. The number of ether oxygens (including phenoxy) is 1.